The Morgan fingerprint density at radius 3 is 2.41 bits per heavy atom. The summed E-state index contributed by atoms with van der Waals surface area (Å²) in [5.74, 6) is 2.88. The van der Waals surface area contributed by atoms with Crippen molar-refractivity contribution in [3.63, 3.8) is 0 Å². The van der Waals surface area contributed by atoms with Crippen molar-refractivity contribution < 1.29 is 23.7 Å². The highest BCUT2D eigenvalue weighted by Gasteiger charge is 2.30. The highest BCUT2D eigenvalue weighted by molar-refractivity contribution is 6.16. The van der Waals surface area contributed by atoms with Crippen LogP contribution in [-0.4, -0.2) is 24.6 Å². The number of carbonyl (C=O) groups is 1. The van der Waals surface area contributed by atoms with Crippen LogP contribution in [0.15, 0.2) is 66.6 Å². The minimum atomic E-state index is -0.130. The molecule has 0 unspecified atom stereocenters. The summed E-state index contributed by atoms with van der Waals surface area (Å²) in [6.45, 7) is 2.29. The van der Waals surface area contributed by atoms with Gasteiger partial charge in [0.05, 0.1) is 19.8 Å². The van der Waals surface area contributed by atoms with Gasteiger partial charge in [0.15, 0.2) is 5.76 Å². The average molecular weight is 456 g/mol. The number of nitrogens with zero attached hydrogens (tertiary/aromatic N) is 1. The molecule has 4 aromatic rings. The molecule has 0 atom stereocenters. The molecule has 1 aliphatic heterocycles. The Bertz CT molecular complexity index is 1430. The fraction of sp³-hybridized carbons (Fsp3) is 0.179. The van der Waals surface area contributed by atoms with Gasteiger partial charge in [-0.2, -0.15) is 0 Å². The monoisotopic (exact) mass is 455 g/mol. The summed E-state index contributed by atoms with van der Waals surface area (Å²) in [5, 5.41) is 0.988. The molecule has 0 aliphatic carbocycles. The van der Waals surface area contributed by atoms with Gasteiger partial charge in [-0.15, -0.1) is 0 Å². The third kappa shape index (κ3) is 3.88. The van der Waals surface area contributed by atoms with Gasteiger partial charge >= 0.3 is 0 Å². The first-order valence-electron chi connectivity index (χ1n) is 10.9. The topological polar surface area (TPSA) is 58.9 Å². The zero-order chi connectivity index (χ0) is 23.8. The standard InChI is InChI=1S/C28H25NO5/c1-17-11-22(33-16-18-5-7-20(31-3)8-6-18)14-25-27(17)28(30)26(34-25)12-19-15-29(2)24-10-9-21(32-4)13-23(19)24/h5-15H,16H2,1-4H3/b26-12-. The second-order valence-corrected chi connectivity index (χ2v) is 8.27. The van der Waals surface area contributed by atoms with Crippen LogP contribution in [0.2, 0.25) is 0 Å². The molecule has 0 saturated carbocycles. The molecule has 1 aromatic heterocycles. The van der Waals surface area contributed by atoms with Gasteiger partial charge in [0, 0.05) is 35.8 Å². The minimum absolute atomic E-state index is 0.130. The van der Waals surface area contributed by atoms with Crippen molar-refractivity contribution in [2.75, 3.05) is 14.2 Å². The Balaban J connectivity index is 1.41. The minimum Gasteiger partial charge on any atom is -0.497 e. The molecule has 3 aromatic carbocycles. The van der Waals surface area contributed by atoms with E-state index in [1.54, 1.807) is 26.4 Å². The first-order chi connectivity index (χ1) is 16.5. The van der Waals surface area contributed by atoms with Gasteiger partial charge in [0.2, 0.25) is 5.78 Å². The molecule has 0 N–H and O–H groups in total. The number of carbonyl (C=O) groups excluding carboxylic acids is 1. The summed E-state index contributed by atoms with van der Waals surface area (Å²) in [4.78, 5) is 13.2. The van der Waals surface area contributed by atoms with E-state index in [0.29, 0.717) is 29.4 Å². The second kappa shape index (κ2) is 8.63. The van der Waals surface area contributed by atoms with Gasteiger partial charge < -0.3 is 23.5 Å². The summed E-state index contributed by atoms with van der Waals surface area (Å²) in [6, 6.07) is 17.2. The zero-order valence-electron chi connectivity index (χ0n) is 19.5. The molecule has 6 heteroatoms. The van der Waals surface area contributed by atoms with Crippen LogP contribution < -0.4 is 18.9 Å². The van der Waals surface area contributed by atoms with E-state index in [1.807, 2.05) is 73.3 Å². The lowest BCUT2D eigenvalue weighted by molar-refractivity contribution is 0.101. The molecule has 6 nitrogen and oxygen atoms in total. The number of rotatable bonds is 6. The molecule has 0 saturated heterocycles. The molecule has 0 spiro atoms. The molecule has 0 amide bonds. The fourth-order valence-corrected chi connectivity index (χ4v) is 4.23. The van der Waals surface area contributed by atoms with E-state index in [9.17, 15) is 4.79 Å². The lowest BCUT2D eigenvalue weighted by Gasteiger charge is -2.09. The number of benzene rings is 3. The molecule has 2 heterocycles. The van der Waals surface area contributed by atoms with Crippen LogP contribution in [0, 0.1) is 6.92 Å². The van der Waals surface area contributed by atoms with Crippen LogP contribution in [0.5, 0.6) is 23.0 Å². The van der Waals surface area contributed by atoms with E-state index < -0.39 is 0 Å². The molecule has 172 valence electrons. The molecule has 34 heavy (non-hydrogen) atoms. The van der Waals surface area contributed by atoms with Crippen LogP contribution in [-0.2, 0) is 13.7 Å². The first kappa shape index (κ1) is 21.6. The van der Waals surface area contributed by atoms with Gasteiger partial charge in [-0.3, -0.25) is 4.79 Å². The second-order valence-electron chi connectivity index (χ2n) is 8.27. The molecule has 1 aliphatic rings. The van der Waals surface area contributed by atoms with E-state index in [1.165, 1.54) is 0 Å². The van der Waals surface area contributed by atoms with E-state index in [2.05, 4.69) is 0 Å². The third-order valence-corrected chi connectivity index (χ3v) is 6.02. The maximum atomic E-state index is 13.2. The van der Waals surface area contributed by atoms with Crippen LogP contribution in [0.3, 0.4) is 0 Å². The Morgan fingerprint density at radius 1 is 0.941 bits per heavy atom. The number of ketones is 1. The number of methoxy groups -OCH3 is 2. The average Bonchev–Trinajstić information content (AvgIpc) is 3.33. The number of allylic oxidation sites excluding steroid dienone is 1. The van der Waals surface area contributed by atoms with E-state index in [0.717, 1.165) is 39.1 Å². The maximum absolute atomic E-state index is 13.2. The maximum Gasteiger partial charge on any atom is 0.232 e. The van der Waals surface area contributed by atoms with Gasteiger partial charge in [-0.05, 0) is 60.5 Å². The largest absolute Gasteiger partial charge is 0.497 e. The number of fused-ring (bicyclic) bond motifs is 2. The number of Topliss-reactive ketones (excluding diaryl/α,β-unsaturated/α-hetero) is 1. The number of ether oxygens (including phenoxy) is 4. The summed E-state index contributed by atoms with van der Waals surface area (Å²) in [6.07, 6.45) is 3.77. The Morgan fingerprint density at radius 2 is 1.68 bits per heavy atom. The molecular formula is C28H25NO5. The Labute approximate surface area is 197 Å². The van der Waals surface area contributed by atoms with Crippen molar-refractivity contribution in [2.24, 2.45) is 7.05 Å². The van der Waals surface area contributed by atoms with E-state index in [4.69, 9.17) is 18.9 Å². The van der Waals surface area contributed by atoms with Gasteiger partial charge in [-0.1, -0.05) is 12.1 Å². The summed E-state index contributed by atoms with van der Waals surface area (Å²) >= 11 is 0. The number of hydrogen-bond donors (Lipinski definition) is 0. The normalized spacial score (nSPS) is 13.8. The van der Waals surface area contributed by atoms with Crippen molar-refractivity contribution in [2.45, 2.75) is 13.5 Å². The van der Waals surface area contributed by atoms with Gasteiger partial charge in [0.25, 0.3) is 0 Å². The van der Waals surface area contributed by atoms with Crippen LogP contribution >= 0.6 is 0 Å². The van der Waals surface area contributed by atoms with E-state index in [-0.39, 0.29) is 5.78 Å². The van der Waals surface area contributed by atoms with Crippen LogP contribution in [0.25, 0.3) is 17.0 Å². The fourth-order valence-electron chi connectivity index (χ4n) is 4.23. The lowest BCUT2D eigenvalue weighted by atomic mass is 10.0. The lowest BCUT2D eigenvalue weighted by Crippen LogP contribution is -2.00. The van der Waals surface area contributed by atoms with Crippen molar-refractivity contribution in [1.29, 1.82) is 0 Å². The SMILES string of the molecule is COc1ccc(COc2cc(C)c3c(c2)O/C(=C\c2cn(C)c4ccc(OC)cc24)C3=O)cc1. The first-order valence-corrected chi connectivity index (χ1v) is 10.9. The van der Waals surface area contributed by atoms with Crippen LogP contribution in [0.1, 0.15) is 27.0 Å². The molecule has 0 radical (unpaired) electrons. The van der Waals surface area contributed by atoms with Crippen molar-refractivity contribution in [3.8, 4) is 23.0 Å². The third-order valence-electron chi connectivity index (χ3n) is 6.02. The number of aryl methyl sites for hydroxylation is 2. The van der Waals surface area contributed by atoms with Crippen molar-refractivity contribution in [1.82, 2.24) is 4.57 Å². The molecule has 0 fully saturated rings. The smallest absolute Gasteiger partial charge is 0.232 e. The van der Waals surface area contributed by atoms with Gasteiger partial charge in [0.1, 0.15) is 29.6 Å². The Hall–Kier alpha value is -4.19. The summed E-state index contributed by atoms with van der Waals surface area (Å²) < 4.78 is 24.6. The molecule has 0 bridgehead atoms. The van der Waals surface area contributed by atoms with Crippen molar-refractivity contribution >= 4 is 22.8 Å². The highest BCUT2D eigenvalue weighted by Crippen LogP contribution is 2.38. The van der Waals surface area contributed by atoms with E-state index >= 15 is 0 Å². The predicted octanol–water partition coefficient (Wildman–Crippen LogP) is 5.70. The Kier molecular flexibility index (Phi) is 5.49. The predicted molar refractivity (Wildman–Crippen MR) is 131 cm³/mol. The summed E-state index contributed by atoms with van der Waals surface area (Å²) in [5.41, 5.74) is 4.33. The van der Waals surface area contributed by atoms with Gasteiger partial charge in [-0.25, -0.2) is 0 Å². The zero-order valence-corrected chi connectivity index (χ0v) is 19.5. The molecular weight excluding hydrogens is 430 g/mol. The number of aromatic nitrogens is 1. The highest BCUT2D eigenvalue weighted by atomic mass is 16.5. The number of hydrogen-bond acceptors (Lipinski definition) is 5. The molecule has 5 rings (SSSR count). The summed E-state index contributed by atoms with van der Waals surface area (Å²) in [7, 11) is 5.25. The van der Waals surface area contributed by atoms with Crippen molar-refractivity contribution in [3.05, 3.63) is 88.8 Å². The van der Waals surface area contributed by atoms with Crippen LogP contribution in [0.4, 0.5) is 0 Å². The quantitative estimate of drug-likeness (QED) is 0.349.